The lowest BCUT2D eigenvalue weighted by Crippen LogP contribution is -2.56. The molecule has 1 saturated carbocycles. The molecule has 10 N–H and O–H groups in total. The van der Waals surface area contributed by atoms with Gasteiger partial charge in [0, 0.05) is 43.9 Å². The van der Waals surface area contributed by atoms with Gasteiger partial charge >= 0.3 is 27.6 Å². The average Bonchev–Trinajstić information content (AvgIpc) is 3.31. The number of phosphoric acid groups is 2. The van der Waals surface area contributed by atoms with Gasteiger partial charge in [-0.05, 0) is 25.7 Å². The van der Waals surface area contributed by atoms with Crippen LogP contribution in [0.2, 0.25) is 0 Å². The van der Waals surface area contributed by atoms with Gasteiger partial charge in [-0.15, -0.1) is 0 Å². The second-order valence-corrected chi connectivity index (χ2v) is 22.2. The molecular formula is C49H90O20P2. The number of unbranched alkanes of at least 4 members (excludes halogenated alkanes) is 18. The maximum atomic E-state index is 13.8. The third-order valence-corrected chi connectivity index (χ3v) is 14.8. The van der Waals surface area contributed by atoms with E-state index in [9.17, 15) is 73.9 Å². The lowest BCUT2D eigenvalue weighted by Gasteiger charge is -2.38. The van der Waals surface area contributed by atoms with E-state index in [1.165, 1.54) is 70.6 Å². The monoisotopic (exact) mass is 1060 g/mol. The van der Waals surface area contributed by atoms with Crippen LogP contribution in [-0.4, -0.2) is 142 Å². The van der Waals surface area contributed by atoms with Crippen molar-refractivity contribution in [1.29, 1.82) is 0 Å². The quantitative estimate of drug-likeness (QED) is 0.0187. The van der Waals surface area contributed by atoms with Crippen LogP contribution in [0.25, 0.3) is 0 Å². The molecule has 2 fully saturated rings. The summed E-state index contributed by atoms with van der Waals surface area (Å²) < 4.78 is 52.2. The maximum absolute atomic E-state index is 13.8. The van der Waals surface area contributed by atoms with Crippen LogP contribution >= 0.6 is 15.6 Å². The molecule has 0 aromatic rings. The smallest absolute Gasteiger partial charge is 0.462 e. The SMILES string of the molecule is CCCCCCCCCCCCCCCCCCCC(=O)O[C@@H]1COC(=O)CCCCC(=O)C[C@@H]2[C@@H](O)[C@H](O)[C@@H](O)[C@H](OP(=O)(O)OC1)[C@H](OP(=O)(O)O)[C@H](O)[C@@H](/C=C/[C@@H](O)CCCCC)[C@H](O)C[C@@H]2O. The number of hydrogen-bond acceptors (Lipinski definition) is 17. The molecule has 0 aromatic carbocycles. The van der Waals surface area contributed by atoms with E-state index in [-0.39, 0.29) is 38.5 Å². The first-order valence-electron chi connectivity index (χ1n) is 26.4. The summed E-state index contributed by atoms with van der Waals surface area (Å²) in [6.07, 6.45) is 0.464. The summed E-state index contributed by atoms with van der Waals surface area (Å²) in [6, 6.07) is 0. The lowest BCUT2D eigenvalue weighted by molar-refractivity contribution is -0.166. The first-order valence-corrected chi connectivity index (χ1v) is 29.4. The van der Waals surface area contributed by atoms with Crippen molar-refractivity contribution in [3.63, 3.8) is 0 Å². The fourth-order valence-electron chi connectivity index (χ4n) is 9.08. The highest BCUT2D eigenvalue weighted by Gasteiger charge is 2.52. The number of carbonyl (C=O) groups excluding carboxylic acids is 3. The summed E-state index contributed by atoms with van der Waals surface area (Å²) in [5, 5.41) is 79.9. The topological polar surface area (TPSA) is 334 Å². The molecule has 13 atom stereocenters. The highest BCUT2D eigenvalue weighted by atomic mass is 31.2. The van der Waals surface area contributed by atoms with Crippen LogP contribution in [0, 0.1) is 11.8 Å². The highest BCUT2D eigenvalue weighted by Crippen LogP contribution is 2.50. The number of phosphoric ester groups is 2. The van der Waals surface area contributed by atoms with Gasteiger partial charge in [-0.3, -0.25) is 28.0 Å². The number of ether oxygens (including phenoxy) is 2. The first kappa shape index (κ1) is 65.4. The number of carbonyl (C=O) groups is 3. The van der Waals surface area contributed by atoms with Gasteiger partial charge in [0.2, 0.25) is 0 Å². The van der Waals surface area contributed by atoms with Crippen molar-refractivity contribution in [1.82, 2.24) is 0 Å². The van der Waals surface area contributed by atoms with Crippen LogP contribution in [-0.2, 0) is 46.6 Å². The molecule has 20 nitrogen and oxygen atoms in total. The van der Waals surface area contributed by atoms with Gasteiger partial charge in [0.15, 0.2) is 6.10 Å². The lowest BCUT2D eigenvalue weighted by atomic mass is 9.82. The molecule has 0 radical (unpaired) electrons. The molecule has 22 heteroatoms. The number of hydrogen-bond donors (Lipinski definition) is 10. The maximum Gasteiger partial charge on any atom is 0.472 e. The van der Waals surface area contributed by atoms with Crippen molar-refractivity contribution in [3.05, 3.63) is 12.2 Å². The number of aliphatic hydroxyl groups excluding tert-OH is 7. The van der Waals surface area contributed by atoms with E-state index in [4.69, 9.17) is 23.0 Å². The molecule has 0 amide bonds. The fourth-order valence-corrected chi connectivity index (χ4v) is 10.6. The molecule has 1 aliphatic heterocycles. The van der Waals surface area contributed by atoms with E-state index >= 15 is 0 Å². The Morgan fingerprint density at radius 3 is 1.83 bits per heavy atom. The normalized spacial score (nSPS) is 30.8. The van der Waals surface area contributed by atoms with E-state index in [1.54, 1.807) is 0 Å². The van der Waals surface area contributed by atoms with Crippen LogP contribution in [0.3, 0.4) is 0 Å². The number of fused-ring (bicyclic) bond motifs is 4. The van der Waals surface area contributed by atoms with E-state index in [2.05, 4.69) is 6.92 Å². The van der Waals surface area contributed by atoms with Crippen molar-refractivity contribution in [3.8, 4) is 0 Å². The molecule has 1 unspecified atom stereocenters. The Morgan fingerprint density at radius 2 is 1.27 bits per heavy atom. The van der Waals surface area contributed by atoms with Gasteiger partial charge in [-0.2, -0.15) is 0 Å². The zero-order valence-electron chi connectivity index (χ0n) is 42.2. The van der Waals surface area contributed by atoms with Crippen molar-refractivity contribution in [2.75, 3.05) is 13.2 Å². The predicted octanol–water partition coefficient (Wildman–Crippen LogP) is 6.30. The Morgan fingerprint density at radius 1 is 0.732 bits per heavy atom. The zero-order valence-corrected chi connectivity index (χ0v) is 44.0. The predicted molar refractivity (Wildman–Crippen MR) is 262 cm³/mol. The summed E-state index contributed by atoms with van der Waals surface area (Å²) in [5.74, 6) is -5.57. The number of esters is 2. The Bertz CT molecular complexity index is 1600. The van der Waals surface area contributed by atoms with Crippen LogP contribution in [0.4, 0.5) is 0 Å². The Kier molecular flexibility index (Phi) is 33.4. The molecule has 416 valence electrons. The van der Waals surface area contributed by atoms with Gasteiger partial charge in [0.1, 0.15) is 36.8 Å². The fraction of sp³-hybridized carbons (Fsp3) is 0.898. The molecule has 71 heavy (non-hydrogen) atoms. The minimum atomic E-state index is -5.81. The van der Waals surface area contributed by atoms with Gasteiger partial charge in [0.25, 0.3) is 0 Å². The average molecular weight is 1060 g/mol. The summed E-state index contributed by atoms with van der Waals surface area (Å²) in [5.41, 5.74) is 0. The van der Waals surface area contributed by atoms with Gasteiger partial charge in [-0.25, -0.2) is 9.13 Å². The van der Waals surface area contributed by atoms with Gasteiger partial charge < -0.3 is 59.9 Å². The molecular weight excluding hydrogens is 970 g/mol. The number of ketones is 1. The standard InChI is InChI=1S/C49H90O20P2/c1-3-5-7-8-9-10-11-12-13-14-15-16-17-18-19-20-22-28-43(55)67-37-33-65-42(54)27-24-23-26-36(51)31-39-41(53)32-40(52)38(30-29-35(50)25-21-6-4-2)45(57)48(68-70(60,61)62)49(47(59)46(58)44(39)56)69-71(63,64)66-34-37/h29-30,35,37-41,44-50,52-53,56-59H,3-28,31-34H2,1-2H3,(H,63,64)(H2,60,61,62)/b30-29+/t35-,37+,38-,39-,40+,41-,44+,45+,46-,47+,48+,49-/m0/s1. The third-order valence-electron chi connectivity index (χ3n) is 13.3. The second-order valence-electron chi connectivity index (χ2n) is 19.6. The highest BCUT2D eigenvalue weighted by molar-refractivity contribution is 7.47. The van der Waals surface area contributed by atoms with Crippen molar-refractivity contribution < 1.29 is 97.0 Å². The molecule has 0 spiro atoms. The largest absolute Gasteiger partial charge is 0.472 e. The Labute approximate surface area is 421 Å². The van der Waals surface area contributed by atoms with Crippen molar-refractivity contribution in [2.45, 2.75) is 255 Å². The van der Waals surface area contributed by atoms with E-state index in [1.807, 2.05) is 6.92 Å². The zero-order chi connectivity index (χ0) is 52.8. The van der Waals surface area contributed by atoms with Crippen LogP contribution < -0.4 is 0 Å². The number of rotatable bonds is 27. The molecule has 2 rings (SSSR count). The number of Topliss-reactive ketones (excluding diaryl/α,β-unsaturated/α-hetero) is 1. The molecule has 1 aliphatic carbocycles. The minimum Gasteiger partial charge on any atom is -0.462 e. The molecule has 1 saturated heterocycles. The van der Waals surface area contributed by atoms with E-state index in [0.29, 0.717) is 12.8 Å². The van der Waals surface area contributed by atoms with Gasteiger partial charge in [0.05, 0.1) is 37.1 Å². The summed E-state index contributed by atoms with van der Waals surface area (Å²) >= 11 is 0. The van der Waals surface area contributed by atoms with E-state index in [0.717, 1.165) is 57.1 Å². The number of aliphatic hydroxyl groups is 7. The first-order chi connectivity index (χ1) is 33.7. The summed E-state index contributed by atoms with van der Waals surface area (Å²) in [6.45, 7) is 2.49. The molecule has 1 heterocycles. The second kappa shape index (κ2) is 36.3. The summed E-state index contributed by atoms with van der Waals surface area (Å²) in [7, 11) is -11.5. The Balaban J connectivity index is 2.29. The Hall–Kier alpha value is -1.71. The van der Waals surface area contributed by atoms with Crippen molar-refractivity contribution in [2.24, 2.45) is 11.8 Å². The van der Waals surface area contributed by atoms with Crippen molar-refractivity contribution >= 4 is 33.4 Å². The minimum absolute atomic E-state index is 0.0505. The summed E-state index contributed by atoms with van der Waals surface area (Å²) in [4.78, 5) is 70.2. The van der Waals surface area contributed by atoms with Crippen LogP contribution in [0.15, 0.2) is 12.2 Å². The molecule has 2 bridgehead atoms. The number of cyclic esters (lactones) is 1. The van der Waals surface area contributed by atoms with Crippen LogP contribution in [0.5, 0.6) is 0 Å². The third kappa shape index (κ3) is 28.1. The van der Waals surface area contributed by atoms with E-state index < -0.39 is 132 Å². The molecule has 0 aromatic heterocycles. The molecule has 2 aliphatic rings. The van der Waals surface area contributed by atoms with Crippen LogP contribution in [0.1, 0.15) is 194 Å². The van der Waals surface area contributed by atoms with Gasteiger partial charge in [-0.1, -0.05) is 148 Å².